The van der Waals surface area contributed by atoms with E-state index in [0.29, 0.717) is 13.1 Å². The van der Waals surface area contributed by atoms with E-state index in [1.165, 1.54) is 11.0 Å². The number of nitrogens with zero attached hydrogens (tertiary/aromatic N) is 1. The van der Waals surface area contributed by atoms with Crippen LogP contribution in [-0.2, 0) is 0 Å². The van der Waals surface area contributed by atoms with Crippen molar-refractivity contribution in [3.8, 4) is 0 Å². The first-order chi connectivity index (χ1) is 9.35. The highest BCUT2D eigenvalue weighted by atomic mass is 19.1. The molecule has 0 fully saturated rings. The quantitative estimate of drug-likeness (QED) is 0.815. The zero-order valence-corrected chi connectivity index (χ0v) is 11.4. The molecule has 0 spiro atoms. The van der Waals surface area contributed by atoms with E-state index in [1.807, 2.05) is 6.92 Å². The van der Waals surface area contributed by atoms with Gasteiger partial charge in [0.15, 0.2) is 0 Å². The summed E-state index contributed by atoms with van der Waals surface area (Å²) in [5.41, 5.74) is 0.601. The molecule has 0 bridgehead atoms. The van der Waals surface area contributed by atoms with Gasteiger partial charge >= 0.3 is 12.0 Å². The maximum absolute atomic E-state index is 13.5. The number of hydrogen-bond acceptors (Lipinski definition) is 2. The third-order valence-corrected chi connectivity index (χ3v) is 2.58. The Morgan fingerprint density at radius 3 is 2.55 bits per heavy atom. The predicted octanol–water partition coefficient (Wildman–Crippen LogP) is 2.95. The van der Waals surface area contributed by atoms with Gasteiger partial charge in [-0.15, -0.1) is 0 Å². The smallest absolute Gasteiger partial charge is 0.338 e. The normalized spacial score (nSPS) is 9.95. The number of hydrogen-bond donors (Lipinski definition) is 2. The second kappa shape index (κ2) is 6.70. The molecule has 0 aromatic heterocycles. The maximum Gasteiger partial charge on any atom is 0.338 e. The Morgan fingerprint density at radius 1 is 1.45 bits per heavy atom. The summed E-state index contributed by atoms with van der Waals surface area (Å²) >= 11 is 0. The molecule has 2 amide bonds. The predicted molar refractivity (Wildman–Crippen MR) is 74.4 cm³/mol. The van der Waals surface area contributed by atoms with E-state index >= 15 is 0 Å². The summed E-state index contributed by atoms with van der Waals surface area (Å²) in [4.78, 5) is 24.1. The van der Waals surface area contributed by atoms with E-state index in [-0.39, 0.29) is 5.69 Å². The number of halogens is 1. The monoisotopic (exact) mass is 280 g/mol. The second-order valence-corrected chi connectivity index (χ2v) is 4.40. The summed E-state index contributed by atoms with van der Waals surface area (Å²) in [5.74, 6) is -2.24. The standard InChI is InChI=1S/C14H17FN2O3/c1-4-17(8-9(2)3)14(20)16-10-5-6-11(13(18)19)12(15)7-10/h5-7H,2,4,8H2,1,3H3,(H,16,20)(H,18,19). The number of carboxylic acid groups (broad SMARTS) is 1. The fourth-order valence-corrected chi connectivity index (χ4v) is 1.62. The Labute approximate surface area is 116 Å². The van der Waals surface area contributed by atoms with Gasteiger partial charge in [0.25, 0.3) is 0 Å². The summed E-state index contributed by atoms with van der Waals surface area (Å²) in [6.45, 7) is 8.23. The number of urea groups is 1. The van der Waals surface area contributed by atoms with Crippen LogP contribution in [0.3, 0.4) is 0 Å². The van der Waals surface area contributed by atoms with E-state index in [4.69, 9.17) is 5.11 Å². The fraction of sp³-hybridized carbons (Fsp3) is 0.286. The van der Waals surface area contributed by atoms with E-state index in [1.54, 1.807) is 6.92 Å². The van der Waals surface area contributed by atoms with Gasteiger partial charge < -0.3 is 15.3 Å². The van der Waals surface area contributed by atoms with Crippen molar-refractivity contribution < 1.29 is 19.1 Å². The molecule has 2 N–H and O–H groups in total. The highest BCUT2D eigenvalue weighted by molar-refractivity contribution is 5.91. The minimum Gasteiger partial charge on any atom is -0.478 e. The van der Waals surface area contributed by atoms with Gasteiger partial charge in [-0.25, -0.2) is 14.0 Å². The van der Waals surface area contributed by atoms with E-state index in [2.05, 4.69) is 11.9 Å². The molecule has 108 valence electrons. The van der Waals surface area contributed by atoms with Crippen molar-refractivity contribution in [2.24, 2.45) is 0 Å². The zero-order valence-electron chi connectivity index (χ0n) is 11.4. The Morgan fingerprint density at radius 2 is 2.10 bits per heavy atom. The van der Waals surface area contributed by atoms with Crippen LogP contribution in [-0.4, -0.2) is 35.1 Å². The third-order valence-electron chi connectivity index (χ3n) is 2.58. The summed E-state index contributed by atoms with van der Waals surface area (Å²) in [7, 11) is 0. The largest absolute Gasteiger partial charge is 0.478 e. The lowest BCUT2D eigenvalue weighted by atomic mass is 10.2. The number of carbonyl (C=O) groups excluding carboxylic acids is 1. The molecule has 1 rings (SSSR count). The van der Waals surface area contributed by atoms with Crippen LogP contribution in [0.4, 0.5) is 14.9 Å². The molecule has 0 aliphatic heterocycles. The van der Waals surface area contributed by atoms with Crippen LogP contribution in [0.5, 0.6) is 0 Å². The minimum absolute atomic E-state index is 0.206. The molecular formula is C14H17FN2O3. The second-order valence-electron chi connectivity index (χ2n) is 4.40. The van der Waals surface area contributed by atoms with Crippen molar-refractivity contribution in [1.29, 1.82) is 0 Å². The Hall–Kier alpha value is -2.37. The summed E-state index contributed by atoms with van der Waals surface area (Å²) in [6.07, 6.45) is 0. The SMILES string of the molecule is C=C(C)CN(CC)C(=O)Nc1ccc(C(=O)O)c(F)c1. The molecule has 0 saturated heterocycles. The van der Waals surface area contributed by atoms with Crippen LogP contribution in [0, 0.1) is 5.82 Å². The Balaban J connectivity index is 2.82. The highest BCUT2D eigenvalue weighted by Gasteiger charge is 2.14. The molecule has 1 aromatic rings. The first kappa shape index (κ1) is 15.7. The third kappa shape index (κ3) is 4.08. The van der Waals surface area contributed by atoms with Crippen LogP contribution < -0.4 is 5.32 Å². The molecule has 1 aromatic carbocycles. The number of likely N-dealkylation sites (N-methyl/N-ethyl adjacent to an activating group) is 1. The maximum atomic E-state index is 13.5. The van der Waals surface area contributed by atoms with Crippen LogP contribution in [0.2, 0.25) is 0 Å². The number of carbonyl (C=O) groups is 2. The minimum atomic E-state index is -1.35. The Bertz CT molecular complexity index is 543. The summed E-state index contributed by atoms with van der Waals surface area (Å²) < 4.78 is 13.5. The molecule has 0 aliphatic carbocycles. The van der Waals surface area contributed by atoms with E-state index in [9.17, 15) is 14.0 Å². The zero-order chi connectivity index (χ0) is 15.3. The molecule has 0 atom stereocenters. The van der Waals surface area contributed by atoms with Crippen LogP contribution in [0.25, 0.3) is 0 Å². The first-order valence-corrected chi connectivity index (χ1v) is 6.08. The van der Waals surface area contributed by atoms with E-state index in [0.717, 1.165) is 17.7 Å². The van der Waals surface area contributed by atoms with Crippen LogP contribution >= 0.6 is 0 Å². The number of benzene rings is 1. The lowest BCUT2D eigenvalue weighted by Gasteiger charge is -2.21. The number of nitrogens with one attached hydrogen (secondary N) is 1. The molecule has 0 heterocycles. The fourth-order valence-electron chi connectivity index (χ4n) is 1.62. The molecule has 20 heavy (non-hydrogen) atoms. The average molecular weight is 280 g/mol. The number of amides is 2. The number of anilines is 1. The highest BCUT2D eigenvalue weighted by Crippen LogP contribution is 2.15. The molecule has 0 saturated carbocycles. The topological polar surface area (TPSA) is 69.6 Å². The van der Waals surface area contributed by atoms with Gasteiger partial charge in [-0.1, -0.05) is 12.2 Å². The van der Waals surface area contributed by atoms with Crippen molar-refractivity contribution >= 4 is 17.7 Å². The number of aromatic carboxylic acids is 1. The van der Waals surface area contributed by atoms with Crippen molar-refractivity contribution in [3.63, 3.8) is 0 Å². The summed E-state index contributed by atoms with van der Waals surface area (Å²) in [5, 5.41) is 11.2. The lowest BCUT2D eigenvalue weighted by molar-refractivity contribution is 0.0692. The Kier molecular flexibility index (Phi) is 5.25. The van der Waals surface area contributed by atoms with Gasteiger partial charge in [0.1, 0.15) is 5.82 Å². The van der Waals surface area contributed by atoms with E-state index < -0.39 is 23.4 Å². The average Bonchev–Trinajstić information content (AvgIpc) is 2.35. The van der Waals surface area contributed by atoms with Crippen molar-refractivity contribution in [2.45, 2.75) is 13.8 Å². The molecule has 0 radical (unpaired) electrons. The number of carboxylic acids is 1. The first-order valence-electron chi connectivity index (χ1n) is 6.08. The molecule has 5 nitrogen and oxygen atoms in total. The molecule has 0 unspecified atom stereocenters. The van der Waals surface area contributed by atoms with Crippen LogP contribution in [0.15, 0.2) is 30.4 Å². The molecule has 0 aliphatic rings. The van der Waals surface area contributed by atoms with Gasteiger partial charge in [-0.2, -0.15) is 0 Å². The molecule has 6 heteroatoms. The van der Waals surface area contributed by atoms with Gasteiger partial charge in [0.05, 0.1) is 5.56 Å². The number of rotatable bonds is 5. The van der Waals surface area contributed by atoms with Crippen molar-refractivity contribution in [3.05, 3.63) is 41.7 Å². The van der Waals surface area contributed by atoms with Gasteiger partial charge in [-0.05, 0) is 32.0 Å². The van der Waals surface area contributed by atoms with Gasteiger partial charge in [0, 0.05) is 18.8 Å². The van der Waals surface area contributed by atoms with Crippen molar-refractivity contribution in [2.75, 3.05) is 18.4 Å². The lowest BCUT2D eigenvalue weighted by Crippen LogP contribution is -2.35. The summed E-state index contributed by atoms with van der Waals surface area (Å²) in [6, 6.07) is 3.05. The molecular weight excluding hydrogens is 263 g/mol. The van der Waals surface area contributed by atoms with Gasteiger partial charge in [-0.3, -0.25) is 0 Å². The van der Waals surface area contributed by atoms with Gasteiger partial charge in [0.2, 0.25) is 0 Å². The van der Waals surface area contributed by atoms with Crippen LogP contribution in [0.1, 0.15) is 24.2 Å². The van der Waals surface area contributed by atoms with Crippen molar-refractivity contribution in [1.82, 2.24) is 4.90 Å².